The van der Waals surface area contributed by atoms with Crippen LogP contribution in [0.4, 0.5) is 5.69 Å². The zero-order chi connectivity index (χ0) is 25.8. The molecule has 4 nitrogen and oxygen atoms in total. The van der Waals surface area contributed by atoms with Gasteiger partial charge in [0, 0.05) is 10.5 Å². The molecule has 1 aliphatic heterocycles. The average Bonchev–Trinajstić information content (AvgIpc) is 2.93. The number of carbonyl (C=O) groups is 2. The average molecular weight is 505 g/mol. The van der Waals surface area contributed by atoms with Gasteiger partial charge >= 0.3 is 0 Å². The van der Waals surface area contributed by atoms with Gasteiger partial charge in [-0.3, -0.25) is 9.59 Å². The van der Waals surface area contributed by atoms with Crippen LogP contribution in [0, 0.1) is 6.92 Å². The maximum atomic E-state index is 13.6. The van der Waals surface area contributed by atoms with Crippen LogP contribution in [0.1, 0.15) is 45.6 Å². The SMILES string of the molecule is Cc1ccc(CN2C(=O)/C(=C\c3ccc(C(=O)N[C@@H](C)c4ccccc4)cc3)Sc3ccccc32)cc1. The maximum absolute atomic E-state index is 13.6. The van der Waals surface area contributed by atoms with Gasteiger partial charge < -0.3 is 10.2 Å². The molecular formula is C32H28N2O2S. The molecule has 0 fully saturated rings. The first-order valence-corrected chi connectivity index (χ1v) is 13.1. The third-order valence-electron chi connectivity index (χ3n) is 6.41. The molecule has 0 aromatic heterocycles. The van der Waals surface area contributed by atoms with E-state index in [9.17, 15) is 9.59 Å². The fraction of sp³-hybridized carbons (Fsp3) is 0.125. The van der Waals surface area contributed by atoms with Crippen molar-refractivity contribution in [2.75, 3.05) is 4.90 Å². The minimum absolute atomic E-state index is 0.0252. The van der Waals surface area contributed by atoms with Gasteiger partial charge in [0.1, 0.15) is 0 Å². The Balaban J connectivity index is 1.35. The quantitative estimate of drug-likeness (QED) is 0.283. The molecule has 37 heavy (non-hydrogen) atoms. The van der Waals surface area contributed by atoms with E-state index in [0.29, 0.717) is 17.0 Å². The molecule has 1 aliphatic rings. The van der Waals surface area contributed by atoms with Gasteiger partial charge in [-0.25, -0.2) is 0 Å². The first-order valence-electron chi connectivity index (χ1n) is 12.3. The van der Waals surface area contributed by atoms with E-state index in [0.717, 1.165) is 27.3 Å². The van der Waals surface area contributed by atoms with E-state index in [-0.39, 0.29) is 17.9 Å². The van der Waals surface area contributed by atoms with Gasteiger partial charge in [-0.15, -0.1) is 0 Å². The Morgan fingerprint density at radius 3 is 2.30 bits per heavy atom. The van der Waals surface area contributed by atoms with Crippen molar-refractivity contribution in [1.29, 1.82) is 0 Å². The molecule has 184 valence electrons. The van der Waals surface area contributed by atoms with Crippen LogP contribution in [0.5, 0.6) is 0 Å². The van der Waals surface area contributed by atoms with Crippen molar-refractivity contribution < 1.29 is 9.59 Å². The molecule has 0 unspecified atom stereocenters. The summed E-state index contributed by atoms with van der Waals surface area (Å²) in [6.07, 6.45) is 1.90. The Hall–Kier alpha value is -4.09. The van der Waals surface area contributed by atoms with Crippen molar-refractivity contribution in [2.24, 2.45) is 0 Å². The fourth-order valence-corrected chi connectivity index (χ4v) is 5.34. The molecule has 5 rings (SSSR count). The van der Waals surface area contributed by atoms with E-state index in [2.05, 4.69) is 36.5 Å². The van der Waals surface area contributed by atoms with Crippen LogP contribution in [-0.4, -0.2) is 11.8 Å². The highest BCUT2D eigenvalue weighted by Crippen LogP contribution is 2.42. The third kappa shape index (κ3) is 5.68. The summed E-state index contributed by atoms with van der Waals surface area (Å²) in [5, 5.41) is 3.04. The van der Waals surface area contributed by atoms with Crippen molar-refractivity contribution in [1.82, 2.24) is 5.32 Å². The lowest BCUT2D eigenvalue weighted by molar-refractivity contribution is -0.114. The van der Waals surface area contributed by atoms with Crippen LogP contribution < -0.4 is 10.2 Å². The molecular weight excluding hydrogens is 476 g/mol. The van der Waals surface area contributed by atoms with E-state index in [4.69, 9.17) is 0 Å². The minimum Gasteiger partial charge on any atom is -0.346 e. The highest BCUT2D eigenvalue weighted by molar-refractivity contribution is 8.04. The Bertz CT molecular complexity index is 1440. The van der Waals surface area contributed by atoms with E-state index < -0.39 is 0 Å². The lowest BCUT2D eigenvalue weighted by atomic mass is 10.1. The summed E-state index contributed by atoms with van der Waals surface area (Å²) in [4.78, 5) is 29.9. The van der Waals surface area contributed by atoms with E-state index in [1.54, 1.807) is 12.1 Å². The number of hydrogen-bond donors (Lipinski definition) is 1. The number of fused-ring (bicyclic) bond motifs is 1. The number of amides is 2. The predicted molar refractivity (Wildman–Crippen MR) is 151 cm³/mol. The number of nitrogens with zero attached hydrogens (tertiary/aromatic N) is 1. The van der Waals surface area contributed by atoms with Crippen molar-refractivity contribution >= 4 is 35.3 Å². The number of carbonyl (C=O) groups excluding carboxylic acids is 2. The van der Waals surface area contributed by atoms with Crippen molar-refractivity contribution in [3.63, 3.8) is 0 Å². The van der Waals surface area contributed by atoms with Gasteiger partial charge in [0.15, 0.2) is 0 Å². The first kappa shape index (κ1) is 24.6. The van der Waals surface area contributed by atoms with Gasteiger partial charge in [-0.05, 0) is 60.9 Å². The number of nitrogens with one attached hydrogen (secondary N) is 1. The van der Waals surface area contributed by atoms with Gasteiger partial charge in [0.05, 0.1) is 23.2 Å². The predicted octanol–water partition coefficient (Wildman–Crippen LogP) is 7.17. The number of benzene rings is 4. The molecule has 5 heteroatoms. The molecule has 4 aromatic rings. The highest BCUT2D eigenvalue weighted by atomic mass is 32.2. The summed E-state index contributed by atoms with van der Waals surface area (Å²) < 4.78 is 0. The van der Waals surface area contributed by atoms with Crippen molar-refractivity contribution in [2.45, 2.75) is 31.3 Å². The standard InChI is InChI=1S/C32H28N2O2S/c1-22-12-14-25(15-13-22)21-34-28-10-6-7-11-29(28)37-30(32(34)36)20-24-16-18-27(19-17-24)31(35)33-23(2)26-8-4-3-5-9-26/h3-20,23H,21H2,1-2H3,(H,33,35)/b30-20+/t23-/m0/s1. The smallest absolute Gasteiger partial charge is 0.265 e. The lowest BCUT2D eigenvalue weighted by Crippen LogP contribution is -2.33. The molecule has 2 amide bonds. The zero-order valence-electron chi connectivity index (χ0n) is 20.8. The molecule has 1 heterocycles. The van der Waals surface area contributed by atoms with Gasteiger partial charge in [-0.1, -0.05) is 96.2 Å². The second kappa shape index (κ2) is 10.9. The lowest BCUT2D eigenvalue weighted by Gasteiger charge is -2.30. The van der Waals surface area contributed by atoms with Crippen molar-refractivity contribution in [3.05, 3.63) is 136 Å². The zero-order valence-corrected chi connectivity index (χ0v) is 21.7. The first-order chi connectivity index (χ1) is 18.0. The Morgan fingerprint density at radius 2 is 1.57 bits per heavy atom. The maximum Gasteiger partial charge on any atom is 0.265 e. The van der Waals surface area contributed by atoms with Gasteiger partial charge in [-0.2, -0.15) is 0 Å². The van der Waals surface area contributed by atoms with E-state index in [1.807, 2.05) is 84.6 Å². The third-order valence-corrected chi connectivity index (χ3v) is 7.49. The summed E-state index contributed by atoms with van der Waals surface area (Å²) in [5.74, 6) is -0.153. The molecule has 0 bridgehead atoms. The largest absolute Gasteiger partial charge is 0.346 e. The summed E-state index contributed by atoms with van der Waals surface area (Å²) in [7, 11) is 0. The van der Waals surface area contributed by atoms with Crippen LogP contribution >= 0.6 is 11.8 Å². The molecule has 0 saturated heterocycles. The monoisotopic (exact) mass is 504 g/mol. The minimum atomic E-state index is -0.128. The summed E-state index contributed by atoms with van der Waals surface area (Å²) >= 11 is 1.48. The Labute approximate surface area is 222 Å². The summed E-state index contributed by atoms with van der Waals surface area (Å²) in [5.41, 5.74) is 5.71. The van der Waals surface area contributed by atoms with Crippen LogP contribution in [0.3, 0.4) is 0 Å². The van der Waals surface area contributed by atoms with Gasteiger partial charge in [0.2, 0.25) is 0 Å². The molecule has 0 spiro atoms. The normalized spacial score (nSPS) is 14.8. The number of aryl methyl sites for hydroxylation is 1. The number of hydrogen-bond acceptors (Lipinski definition) is 3. The Morgan fingerprint density at radius 1 is 0.892 bits per heavy atom. The molecule has 1 N–H and O–H groups in total. The second-order valence-corrected chi connectivity index (χ2v) is 10.3. The molecule has 1 atom stereocenters. The summed E-state index contributed by atoms with van der Waals surface area (Å²) in [6.45, 7) is 4.53. The fourth-order valence-electron chi connectivity index (χ4n) is 4.28. The van der Waals surface area contributed by atoms with E-state index in [1.165, 1.54) is 17.3 Å². The second-order valence-electron chi connectivity index (χ2n) is 9.18. The number of thioether (sulfide) groups is 1. The molecule has 0 saturated carbocycles. The van der Waals surface area contributed by atoms with Crippen LogP contribution in [-0.2, 0) is 11.3 Å². The summed E-state index contributed by atoms with van der Waals surface area (Å²) in [6, 6.07) is 33.4. The molecule has 0 radical (unpaired) electrons. The van der Waals surface area contributed by atoms with Gasteiger partial charge in [0.25, 0.3) is 11.8 Å². The number of para-hydroxylation sites is 1. The van der Waals surface area contributed by atoms with Crippen LogP contribution in [0.25, 0.3) is 6.08 Å². The highest BCUT2D eigenvalue weighted by Gasteiger charge is 2.29. The van der Waals surface area contributed by atoms with E-state index >= 15 is 0 Å². The molecule has 4 aromatic carbocycles. The Kier molecular flexibility index (Phi) is 7.24. The molecule has 0 aliphatic carbocycles. The number of anilines is 1. The van der Waals surface area contributed by atoms with Crippen LogP contribution in [0.15, 0.2) is 113 Å². The van der Waals surface area contributed by atoms with Crippen molar-refractivity contribution in [3.8, 4) is 0 Å². The van der Waals surface area contributed by atoms with Crippen LogP contribution in [0.2, 0.25) is 0 Å². The number of rotatable bonds is 6. The topological polar surface area (TPSA) is 49.4 Å².